The van der Waals surface area contributed by atoms with E-state index < -0.39 is 71.2 Å². The van der Waals surface area contributed by atoms with Gasteiger partial charge in [0, 0.05) is 61.2 Å². The summed E-state index contributed by atoms with van der Waals surface area (Å²) in [4.78, 5) is 59.1. The Morgan fingerprint density at radius 1 is 0.547 bits per heavy atom. The Labute approximate surface area is 372 Å². The van der Waals surface area contributed by atoms with Gasteiger partial charge in [0.2, 0.25) is 11.8 Å². The van der Waals surface area contributed by atoms with Crippen LogP contribution in [0.3, 0.4) is 0 Å². The average Bonchev–Trinajstić information content (AvgIpc) is 4.04. The first-order valence-corrected chi connectivity index (χ1v) is 21.8. The van der Waals surface area contributed by atoms with Crippen LogP contribution in [0.25, 0.3) is 0 Å². The van der Waals surface area contributed by atoms with Crippen molar-refractivity contribution >= 4 is 24.0 Å². The van der Waals surface area contributed by atoms with Crippen molar-refractivity contribution in [1.82, 2.24) is 19.6 Å². The number of carbonyl (C=O) groups is 4. The van der Waals surface area contributed by atoms with Crippen LogP contribution in [0.2, 0.25) is 0 Å². The van der Waals surface area contributed by atoms with E-state index in [1.165, 1.54) is 34.1 Å². The molecule has 4 heterocycles. The number of hydrogen-bond acceptors (Lipinski definition) is 8. The van der Waals surface area contributed by atoms with Crippen molar-refractivity contribution < 1.29 is 46.2 Å². The third-order valence-electron chi connectivity index (χ3n) is 12.9. The van der Waals surface area contributed by atoms with Crippen molar-refractivity contribution in [3.63, 3.8) is 0 Å². The summed E-state index contributed by atoms with van der Waals surface area (Å²) in [5, 5.41) is 0. The fraction of sp³-hybridized carbons (Fsp3) is 0.440. The number of halogens is 4. The van der Waals surface area contributed by atoms with Gasteiger partial charge in [0.05, 0.1) is 23.9 Å². The predicted octanol–water partition coefficient (Wildman–Crippen LogP) is 8.74. The van der Waals surface area contributed by atoms with Crippen molar-refractivity contribution in [1.29, 1.82) is 0 Å². The van der Waals surface area contributed by atoms with Gasteiger partial charge in [0.25, 0.3) is 0 Å². The maximum Gasteiger partial charge on any atom is 0.416 e. The van der Waals surface area contributed by atoms with Crippen LogP contribution in [0.5, 0.6) is 0 Å². The molecule has 0 aliphatic carbocycles. The van der Waals surface area contributed by atoms with Crippen LogP contribution in [-0.2, 0) is 31.9 Å². The van der Waals surface area contributed by atoms with Gasteiger partial charge in [-0.05, 0) is 88.8 Å². The number of hydrogen-bond donors (Lipinski definition) is 0. The maximum absolute atomic E-state index is 14.7. The molecule has 0 radical (unpaired) electrons. The topological polar surface area (TPSA) is 99.7 Å². The van der Waals surface area contributed by atoms with Gasteiger partial charge in [-0.15, -0.1) is 0 Å². The molecule has 4 aliphatic rings. The van der Waals surface area contributed by atoms with Crippen molar-refractivity contribution in [2.45, 2.75) is 89.4 Å². The molecule has 4 aliphatic heterocycles. The van der Waals surface area contributed by atoms with Crippen LogP contribution in [0.4, 0.5) is 27.2 Å². The minimum Gasteiger partial charge on any atom is -0.447 e. The fourth-order valence-electron chi connectivity index (χ4n) is 9.33. The molecule has 4 aromatic carbocycles. The van der Waals surface area contributed by atoms with Gasteiger partial charge in [-0.25, -0.2) is 37.0 Å². The molecule has 4 fully saturated rings. The number of carbonyl (C=O) groups excluding carboxylic acids is 4. The average molecular weight is 885 g/mol. The van der Waals surface area contributed by atoms with Crippen LogP contribution in [0.1, 0.15) is 75.6 Å². The van der Waals surface area contributed by atoms with Gasteiger partial charge in [0.1, 0.15) is 36.5 Å². The minimum atomic E-state index is -0.673. The first-order valence-electron chi connectivity index (χ1n) is 21.8. The van der Waals surface area contributed by atoms with Crippen molar-refractivity contribution in [3.05, 3.63) is 143 Å². The van der Waals surface area contributed by atoms with Crippen molar-refractivity contribution in [2.24, 2.45) is 11.8 Å². The number of cyclic esters (lactones) is 2. The second-order valence-electron chi connectivity index (χ2n) is 19.2. The van der Waals surface area contributed by atoms with Crippen LogP contribution >= 0.6 is 0 Å². The first-order chi connectivity index (χ1) is 30.3. The Bertz CT molecular complexity index is 2170. The fourth-order valence-corrected chi connectivity index (χ4v) is 9.33. The number of benzene rings is 4. The Morgan fingerprint density at radius 3 is 1.23 bits per heavy atom. The van der Waals surface area contributed by atoms with Gasteiger partial charge in [-0.2, -0.15) is 0 Å². The van der Waals surface area contributed by atoms with Crippen molar-refractivity contribution in [2.75, 3.05) is 39.4 Å². The molecule has 340 valence electrons. The Balaban J connectivity index is 0.000000191. The number of nitrogens with zero attached hydrogens (tertiary/aromatic N) is 4. The lowest BCUT2D eigenvalue weighted by molar-refractivity contribution is -0.134. The molecule has 0 aromatic heterocycles. The van der Waals surface area contributed by atoms with E-state index in [0.29, 0.717) is 50.1 Å². The Morgan fingerprint density at radius 2 is 0.906 bits per heavy atom. The first kappa shape index (κ1) is 46.4. The lowest BCUT2D eigenvalue weighted by Crippen LogP contribution is -2.46. The summed E-state index contributed by atoms with van der Waals surface area (Å²) in [5.74, 6) is -5.67. The zero-order valence-electron chi connectivity index (χ0n) is 37.1. The highest BCUT2D eigenvalue weighted by atomic mass is 19.1. The molecular weight excluding hydrogens is 829 g/mol. The van der Waals surface area contributed by atoms with Crippen LogP contribution in [-0.4, -0.2) is 106 Å². The zero-order chi connectivity index (χ0) is 46.1. The van der Waals surface area contributed by atoms with Gasteiger partial charge in [-0.3, -0.25) is 19.4 Å². The molecule has 10 nitrogen and oxygen atoms in total. The van der Waals surface area contributed by atoms with E-state index in [9.17, 15) is 36.7 Å². The standard InChI is InChI=1S/2C25H28F2N2O3/c2*1-25(2,3)28-13-20(19-10-9-17(26)12-22(19)27)21(14-28)23(30)29-18(15-32-24(29)31)11-16-7-5-4-6-8-16/h2*4-10,12,18,20-21H,11,13-15H2,1-3H3/t18-,20+,21-;18-,20-,21+/m00/s1. The van der Waals surface area contributed by atoms with Crippen molar-refractivity contribution in [3.8, 4) is 0 Å². The molecule has 4 amide bonds. The summed E-state index contributed by atoms with van der Waals surface area (Å²) in [6.45, 7) is 14.1. The van der Waals surface area contributed by atoms with Gasteiger partial charge in [0.15, 0.2) is 0 Å². The molecule has 6 atom stereocenters. The second-order valence-corrected chi connectivity index (χ2v) is 19.2. The smallest absolute Gasteiger partial charge is 0.416 e. The normalized spacial score (nSPS) is 24.1. The number of amides is 4. The van der Waals surface area contributed by atoms with E-state index in [0.717, 1.165) is 23.3 Å². The molecule has 0 N–H and O–H groups in total. The molecule has 8 rings (SSSR count). The van der Waals surface area contributed by atoms with E-state index in [-0.39, 0.29) is 36.1 Å². The highest BCUT2D eigenvalue weighted by Gasteiger charge is 2.50. The van der Waals surface area contributed by atoms with E-state index in [1.807, 2.05) is 102 Å². The summed E-state index contributed by atoms with van der Waals surface area (Å²) >= 11 is 0. The summed E-state index contributed by atoms with van der Waals surface area (Å²) in [6, 6.07) is 25.3. The number of ether oxygens (including phenoxy) is 2. The lowest BCUT2D eigenvalue weighted by Gasteiger charge is -2.32. The van der Waals surface area contributed by atoms with Gasteiger partial charge < -0.3 is 9.47 Å². The molecular formula is C50H56F4N4O6. The molecule has 4 aromatic rings. The molecule has 0 spiro atoms. The lowest BCUT2D eigenvalue weighted by atomic mass is 9.87. The van der Waals surface area contributed by atoms with Crippen LogP contribution in [0, 0.1) is 35.1 Å². The van der Waals surface area contributed by atoms with E-state index >= 15 is 0 Å². The molecule has 0 bridgehead atoms. The summed E-state index contributed by atoms with van der Waals surface area (Å²) in [5.41, 5.74) is 2.08. The molecule has 4 saturated heterocycles. The Kier molecular flexibility index (Phi) is 13.7. The third-order valence-corrected chi connectivity index (χ3v) is 12.9. The van der Waals surface area contributed by atoms with Gasteiger partial charge >= 0.3 is 12.2 Å². The SMILES string of the molecule is CC(C)(C)N1C[C@@H](C(=O)N2C(=O)OC[C@@H]2Cc2ccccc2)[C@H](c2ccc(F)cc2F)C1.CC(C)(C)N1C[C@H](C(=O)N2C(=O)OC[C@@H]2Cc2ccccc2)[C@@H](c2ccc(F)cc2F)C1. The molecule has 0 saturated carbocycles. The van der Waals surface area contributed by atoms with E-state index in [2.05, 4.69) is 9.80 Å². The highest BCUT2D eigenvalue weighted by molar-refractivity contribution is 5.96. The molecule has 0 unspecified atom stereocenters. The van der Waals surface area contributed by atoms with Gasteiger partial charge in [-0.1, -0.05) is 72.8 Å². The zero-order valence-corrected chi connectivity index (χ0v) is 37.1. The predicted molar refractivity (Wildman–Crippen MR) is 232 cm³/mol. The number of imide groups is 2. The Hall–Kier alpha value is -5.60. The van der Waals surface area contributed by atoms with Crippen LogP contribution in [0.15, 0.2) is 97.1 Å². The molecule has 64 heavy (non-hydrogen) atoms. The quantitative estimate of drug-likeness (QED) is 0.162. The highest BCUT2D eigenvalue weighted by Crippen LogP contribution is 2.41. The van der Waals surface area contributed by atoms with E-state index in [4.69, 9.17) is 9.47 Å². The monoisotopic (exact) mass is 884 g/mol. The summed E-state index contributed by atoms with van der Waals surface area (Å²) in [6.07, 6.45) is -0.348. The number of rotatable bonds is 8. The second kappa shape index (κ2) is 18.9. The van der Waals surface area contributed by atoms with E-state index in [1.54, 1.807) is 0 Å². The maximum atomic E-state index is 14.7. The largest absolute Gasteiger partial charge is 0.447 e. The van der Waals surface area contributed by atoms with Crippen LogP contribution < -0.4 is 0 Å². The third kappa shape index (κ3) is 10.2. The summed E-state index contributed by atoms with van der Waals surface area (Å²) in [7, 11) is 0. The summed E-state index contributed by atoms with van der Waals surface area (Å²) < 4.78 is 66.9. The molecule has 14 heteroatoms. The minimum absolute atomic E-state index is 0.130. The number of likely N-dealkylation sites (tertiary alicyclic amines) is 2.